The summed E-state index contributed by atoms with van der Waals surface area (Å²) in [5, 5.41) is 9.79. The van der Waals surface area contributed by atoms with E-state index in [1.807, 2.05) is 0 Å². The quantitative estimate of drug-likeness (QED) is 0.736. The number of anilines is 2. The summed E-state index contributed by atoms with van der Waals surface area (Å²) in [7, 11) is 0. The second-order valence-corrected chi connectivity index (χ2v) is 6.02. The second kappa shape index (κ2) is 6.53. The molecule has 2 amide bonds. The Hall–Kier alpha value is -3.32. The first-order valence-electron chi connectivity index (χ1n) is 7.69. The standard InChI is InChI=1S/C18H12ClN3O4/c19-11-3-1-10(2-4-11)16-8-14(22-26-16)18(24)20-12-5-6-15-13(7-12)21-17(23)9-25-15/h1-8H,9H2,(H,20,24)(H,21,23). The highest BCUT2D eigenvalue weighted by molar-refractivity contribution is 6.30. The van der Waals surface area contributed by atoms with E-state index in [4.69, 9.17) is 20.9 Å². The number of hydrogen-bond donors (Lipinski definition) is 2. The first kappa shape index (κ1) is 16.2. The van der Waals surface area contributed by atoms with Crippen molar-refractivity contribution >= 4 is 34.8 Å². The molecule has 1 aliphatic heterocycles. The molecule has 0 unspecified atom stereocenters. The molecule has 2 N–H and O–H groups in total. The van der Waals surface area contributed by atoms with Crippen molar-refractivity contribution in [2.45, 2.75) is 0 Å². The van der Waals surface area contributed by atoms with Gasteiger partial charge in [-0.15, -0.1) is 0 Å². The van der Waals surface area contributed by atoms with Crippen LogP contribution in [0.15, 0.2) is 53.1 Å². The Morgan fingerprint density at radius 3 is 2.77 bits per heavy atom. The Morgan fingerprint density at radius 1 is 1.15 bits per heavy atom. The first-order chi connectivity index (χ1) is 12.6. The number of rotatable bonds is 3. The molecule has 1 aromatic heterocycles. The molecule has 0 saturated heterocycles. The van der Waals surface area contributed by atoms with Gasteiger partial charge in [-0.1, -0.05) is 16.8 Å². The largest absolute Gasteiger partial charge is 0.482 e. The normalized spacial score (nSPS) is 12.7. The topological polar surface area (TPSA) is 93.5 Å². The molecule has 2 heterocycles. The Kier molecular flexibility index (Phi) is 4.06. The van der Waals surface area contributed by atoms with Crippen LogP contribution in [0.1, 0.15) is 10.5 Å². The van der Waals surface area contributed by atoms with Gasteiger partial charge < -0.3 is 19.9 Å². The van der Waals surface area contributed by atoms with Crippen molar-refractivity contribution in [1.82, 2.24) is 5.16 Å². The minimum Gasteiger partial charge on any atom is -0.482 e. The minimum absolute atomic E-state index is 0.0227. The Labute approximate surface area is 152 Å². The van der Waals surface area contributed by atoms with Crippen LogP contribution < -0.4 is 15.4 Å². The average Bonchev–Trinajstić information content (AvgIpc) is 3.12. The van der Waals surface area contributed by atoms with Crippen LogP contribution in [0.4, 0.5) is 11.4 Å². The highest BCUT2D eigenvalue weighted by Gasteiger charge is 2.18. The third-order valence-corrected chi connectivity index (χ3v) is 3.99. The highest BCUT2D eigenvalue weighted by Crippen LogP contribution is 2.30. The van der Waals surface area contributed by atoms with E-state index in [1.54, 1.807) is 48.5 Å². The number of fused-ring (bicyclic) bond motifs is 1. The molecule has 2 aromatic carbocycles. The van der Waals surface area contributed by atoms with Gasteiger partial charge in [-0.2, -0.15) is 0 Å². The maximum atomic E-state index is 12.4. The molecule has 1 aliphatic rings. The number of carbonyl (C=O) groups is 2. The zero-order valence-corrected chi connectivity index (χ0v) is 14.0. The lowest BCUT2D eigenvalue weighted by molar-refractivity contribution is -0.118. The molecule has 0 spiro atoms. The third-order valence-electron chi connectivity index (χ3n) is 3.74. The van der Waals surface area contributed by atoms with Crippen LogP contribution in [-0.4, -0.2) is 23.6 Å². The van der Waals surface area contributed by atoms with Gasteiger partial charge in [0.15, 0.2) is 18.1 Å². The average molecular weight is 370 g/mol. The zero-order chi connectivity index (χ0) is 18.1. The lowest BCUT2D eigenvalue weighted by Crippen LogP contribution is -2.25. The number of benzene rings is 2. The molecule has 130 valence electrons. The van der Waals surface area contributed by atoms with E-state index in [-0.39, 0.29) is 18.2 Å². The predicted molar refractivity (Wildman–Crippen MR) is 95.5 cm³/mol. The van der Waals surface area contributed by atoms with Gasteiger partial charge in [-0.05, 0) is 42.5 Å². The summed E-state index contributed by atoms with van der Waals surface area (Å²) >= 11 is 5.86. The monoisotopic (exact) mass is 369 g/mol. The fraction of sp³-hybridized carbons (Fsp3) is 0.0556. The number of nitrogens with one attached hydrogen (secondary N) is 2. The molecule has 0 aliphatic carbocycles. The van der Waals surface area contributed by atoms with Crippen LogP contribution in [0, 0.1) is 0 Å². The van der Waals surface area contributed by atoms with Crippen LogP contribution >= 0.6 is 11.6 Å². The van der Waals surface area contributed by atoms with E-state index in [0.717, 1.165) is 5.56 Å². The number of carbonyl (C=O) groups excluding carboxylic acids is 2. The summed E-state index contributed by atoms with van der Waals surface area (Å²) in [6.45, 7) is -0.0227. The number of hydrogen-bond acceptors (Lipinski definition) is 5. The van der Waals surface area contributed by atoms with E-state index in [0.29, 0.717) is 27.9 Å². The second-order valence-electron chi connectivity index (χ2n) is 5.59. The van der Waals surface area contributed by atoms with E-state index >= 15 is 0 Å². The molecular formula is C18H12ClN3O4. The number of aromatic nitrogens is 1. The first-order valence-corrected chi connectivity index (χ1v) is 8.07. The van der Waals surface area contributed by atoms with E-state index < -0.39 is 5.91 Å². The molecule has 4 rings (SSSR count). The van der Waals surface area contributed by atoms with Crippen molar-refractivity contribution in [2.24, 2.45) is 0 Å². The van der Waals surface area contributed by atoms with Crippen LogP contribution in [-0.2, 0) is 4.79 Å². The highest BCUT2D eigenvalue weighted by atomic mass is 35.5. The van der Waals surface area contributed by atoms with Crippen molar-refractivity contribution < 1.29 is 18.8 Å². The van der Waals surface area contributed by atoms with Crippen LogP contribution in [0.25, 0.3) is 11.3 Å². The molecule has 7 nitrogen and oxygen atoms in total. The fourth-order valence-electron chi connectivity index (χ4n) is 2.49. The molecule has 0 fully saturated rings. The van der Waals surface area contributed by atoms with Gasteiger partial charge in [0.25, 0.3) is 11.8 Å². The van der Waals surface area contributed by atoms with Crippen molar-refractivity contribution in [3.8, 4) is 17.1 Å². The molecular weight excluding hydrogens is 358 g/mol. The van der Waals surface area contributed by atoms with Crippen LogP contribution in [0.5, 0.6) is 5.75 Å². The predicted octanol–water partition coefficient (Wildman–Crippen LogP) is 3.58. The number of ether oxygens (including phenoxy) is 1. The van der Waals surface area contributed by atoms with Gasteiger partial charge in [0, 0.05) is 22.3 Å². The third kappa shape index (κ3) is 3.25. The van der Waals surface area contributed by atoms with Crippen molar-refractivity contribution in [2.75, 3.05) is 17.2 Å². The fourth-order valence-corrected chi connectivity index (χ4v) is 2.61. The SMILES string of the molecule is O=C1COc2ccc(NC(=O)c3cc(-c4ccc(Cl)cc4)on3)cc2N1. The minimum atomic E-state index is -0.433. The van der Waals surface area contributed by atoms with Gasteiger partial charge in [-0.25, -0.2) is 0 Å². The van der Waals surface area contributed by atoms with Crippen LogP contribution in [0.2, 0.25) is 5.02 Å². The van der Waals surface area contributed by atoms with Gasteiger partial charge >= 0.3 is 0 Å². The molecule has 3 aromatic rings. The van der Waals surface area contributed by atoms with E-state index in [1.165, 1.54) is 0 Å². The van der Waals surface area contributed by atoms with Gasteiger partial charge in [0.05, 0.1) is 5.69 Å². The summed E-state index contributed by atoms with van der Waals surface area (Å²) in [6.07, 6.45) is 0. The summed E-state index contributed by atoms with van der Waals surface area (Å²) in [5.41, 5.74) is 1.89. The molecule has 0 saturated carbocycles. The molecule has 0 radical (unpaired) electrons. The molecule has 0 bridgehead atoms. The van der Waals surface area contributed by atoms with Crippen molar-refractivity contribution in [3.63, 3.8) is 0 Å². The Morgan fingerprint density at radius 2 is 1.96 bits per heavy atom. The summed E-state index contributed by atoms with van der Waals surface area (Å²) in [4.78, 5) is 23.8. The number of amides is 2. The van der Waals surface area contributed by atoms with Gasteiger partial charge in [-0.3, -0.25) is 9.59 Å². The maximum Gasteiger partial charge on any atom is 0.277 e. The summed E-state index contributed by atoms with van der Waals surface area (Å²) in [6, 6.07) is 13.5. The van der Waals surface area contributed by atoms with E-state index in [9.17, 15) is 9.59 Å². The van der Waals surface area contributed by atoms with E-state index in [2.05, 4.69) is 15.8 Å². The Balaban J connectivity index is 1.51. The number of halogens is 1. The number of nitrogens with zero attached hydrogens (tertiary/aromatic N) is 1. The zero-order valence-electron chi connectivity index (χ0n) is 13.3. The molecule has 26 heavy (non-hydrogen) atoms. The van der Waals surface area contributed by atoms with Crippen molar-refractivity contribution in [1.29, 1.82) is 0 Å². The maximum absolute atomic E-state index is 12.4. The van der Waals surface area contributed by atoms with Gasteiger partial charge in [0.2, 0.25) is 0 Å². The molecule has 8 heteroatoms. The van der Waals surface area contributed by atoms with Crippen LogP contribution in [0.3, 0.4) is 0 Å². The summed E-state index contributed by atoms with van der Waals surface area (Å²) < 4.78 is 10.5. The Bertz CT molecular complexity index is 998. The lowest BCUT2D eigenvalue weighted by Gasteiger charge is -2.18. The summed E-state index contributed by atoms with van der Waals surface area (Å²) in [5.74, 6) is 0.328. The van der Waals surface area contributed by atoms with Gasteiger partial charge in [0.1, 0.15) is 5.75 Å². The lowest BCUT2D eigenvalue weighted by atomic mass is 10.1. The molecule has 0 atom stereocenters. The smallest absolute Gasteiger partial charge is 0.277 e. The van der Waals surface area contributed by atoms with Crippen molar-refractivity contribution in [3.05, 3.63) is 59.2 Å².